The zero-order chi connectivity index (χ0) is 25.9. The van der Waals surface area contributed by atoms with Crippen LogP contribution in [0.25, 0.3) is 23.0 Å². The van der Waals surface area contributed by atoms with E-state index in [1.54, 1.807) is 42.6 Å². The molecule has 0 saturated carbocycles. The van der Waals surface area contributed by atoms with Crippen LogP contribution in [-0.2, 0) is 0 Å². The summed E-state index contributed by atoms with van der Waals surface area (Å²) >= 11 is 0. The molecule has 0 aliphatic heterocycles. The first-order valence-corrected chi connectivity index (χ1v) is 11.4. The minimum absolute atomic E-state index is 0. The standard InChI is InChI=1S/C27H23FN8O.H2/c1-35(2)24-15-18(12-13-30-24)27(37)33-22-16-31-21(32-22)11-10-20(29)26-25(17-6-8-19(28)9-7-17)34-23-5-3-4-14-36(23)26;/h3-16,29H,1-2H3,(H,31,32)(H,33,37);1H/b11-10-,29-20?;. The van der Waals surface area contributed by atoms with Crippen LogP contribution in [0.5, 0.6) is 0 Å². The van der Waals surface area contributed by atoms with Crippen LogP contribution in [0.1, 0.15) is 23.3 Å². The second-order valence-electron chi connectivity index (χ2n) is 8.43. The van der Waals surface area contributed by atoms with Crippen LogP contribution in [0.3, 0.4) is 0 Å². The van der Waals surface area contributed by atoms with Crippen molar-refractivity contribution in [1.82, 2.24) is 24.3 Å². The number of allylic oxidation sites excluding steroid dienone is 1. The van der Waals surface area contributed by atoms with Crippen molar-refractivity contribution in [2.75, 3.05) is 24.3 Å². The molecule has 10 heteroatoms. The highest BCUT2D eigenvalue weighted by Crippen LogP contribution is 2.26. The van der Waals surface area contributed by atoms with Crippen LogP contribution in [0.4, 0.5) is 16.0 Å². The molecule has 5 rings (SSSR count). The summed E-state index contributed by atoms with van der Waals surface area (Å²) in [6, 6.07) is 14.9. The lowest BCUT2D eigenvalue weighted by Gasteiger charge is -2.11. The van der Waals surface area contributed by atoms with Gasteiger partial charge in [0.15, 0.2) is 0 Å². The number of aromatic nitrogens is 5. The Morgan fingerprint density at radius 2 is 1.97 bits per heavy atom. The molecule has 5 aromatic rings. The third-order valence-electron chi connectivity index (χ3n) is 5.62. The van der Waals surface area contributed by atoms with Gasteiger partial charge in [-0.15, -0.1) is 0 Å². The molecule has 3 N–H and O–H groups in total. The van der Waals surface area contributed by atoms with Crippen molar-refractivity contribution in [3.05, 3.63) is 102 Å². The quantitative estimate of drug-likeness (QED) is 0.277. The van der Waals surface area contributed by atoms with E-state index >= 15 is 0 Å². The van der Waals surface area contributed by atoms with Gasteiger partial charge in [-0.25, -0.2) is 19.3 Å². The number of halogens is 1. The molecule has 0 aliphatic rings. The average Bonchev–Trinajstić information content (AvgIpc) is 3.52. The minimum Gasteiger partial charge on any atom is -0.363 e. The maximum Gasteiger partial charge on any atom is 0.256 e. The van der Waals surface area contributed by atoms with Crippen molar-refractivity contribution in [1.29, 1.82) is 5.41 Å². The van der Waals surface area contributed by atoms with Crippen LogP contribution in [-0.4, -0.2) is 50.1 Å². The monoisotopic (exact) mass is 496 g/mol. The first kappa shape index (κ1) is 23.6. The van der Waals surface area contributed by atoms with Crippen LogP contribution < -0.4 is 10.2 Å². The summed E-state index contributed by atoms with van der Waals surface area (Å²) in [5.74, 6) is 0.910. The highest BCUT2D eigenvalue weighted by molar-refractivity contribution is 6.11. The Kier molecular flexibility index (Phi) is 6.29. The molecule has 0 aliphatic carbocycles. The molecule has 37 heavy (non-hydrogen) atoms. The fourth-order valence-corrected chi connectivity index (χ4v) is 3.79. The molecule has 0 saturated heterocycles. The lowest BCUT2D eigenvalue weighted by atomic mass is 10.1. The van der Waals surface area contributed by atoms with Gasteiger partial charge >= 0.3 is 0 Å². The SMILES string of the molecule is CN(C)c1cc(C(=O)Nc2cnc(/C=C\C(=N)c3c(-c4ccc(F)cc4)nc4ccccn34)[nH]2)ccn1.[HH]. The smallest absolute Gasteiger partial charge is 0.256 e. The minimum atomic E-state index is -0.341. The fourth-order valence-electron chi connectivity index (χ4n) is 3.79. The van der Waals surface area contributed by atoms with Gasteiger partial charge in [0.2, 0.25) is 0 Å². The first-order chi connectivity index (χ1) is 17.9. The summed E-state index contributed by atoms with van der Waals surface area (Å²) in [6.45, 7) is 0. The van der Waals surface area contributed by atoms with Gasteiger partial charge in [0.25, 0.3) is 5.91 Å². The largest absolute Gasteiger partial charge is 0.363 e. The summed E-state index contributed by atoms with van der Waals surface area (Å²) in [7, 11) is 3.70. The molecule has 0 unspecified atom stereocenters. The molecule has 0 bridgehead atoms. The summed E-state index contributed by atoms with van der Waals surface area (Å²) < 4.78 is 15.3. The van der Waals surface area contributed by atoms with Gasteiger partial charge in [-0.05, 0) is 60.7 Å². The number of hydrogen-bond acceptors (Lipinski definition) is 6. The maximum absolute atomic E-state index is 13.5. The lowest BCUT2D eigenvalue weighted by molar-refractivity contribution is 0.102. The highest BCUT2D eigenvalue weighted by atomic mass is 19.1. The molecule has 0 spiro atoms. The van der Waals surface area contributed by atoms with Crippen molar-refractivity contribution >= 4 is 35.0 Å². The van der Waals surface area contributed by atoms with Gasteiger partial charge in [-0.2, -0.15) is 0 Å². The van der Waals surface area contributed by atoms with E-state index in [0.29, 0.717) is 45.6 Å². The Morgan fingerprint density at radius 3 is 2.76 bits per heavy atom. The Hall–Kier alpha value is -5.12. The molecule has 186 valence electrons. The van der Waals surface area contributed by atoms with Gasteiger partial charge in [0.1, 0.15) is 28.9 Å². The number of imidazole rings is 2. The molecular formula is C27H25FN8O. The number of amides is 1. The fraction of sp³-hybridized carbons (Fsp3) is 0.0741. The number of carbonyl (C=O) groups is 1. The van der Waals surface area contributed by atoms with Gasteiger partial charge < -0.3 is 15.2 Å². The van der Waals surface area contributed by atoms with E-state index < -0.39 is 0 Å². The van der Waals surface area contributed by atoms with Gasteiger partial charge in [0.05, 0.1) is 23.3 Å². The van der Waals surface area contributed by atoms with E-state index in [1.807, 2.05) is 47.8 Å². The van der Waals surface area contributed by atoms with E-state index in [2.05, 4.69) is 25.3 Å². The summed E-state index contributed by atoms with van der Waals surface area (Å²) in [6.07, 6.45) is 8.16. The van der Waals surface area contributed by atoms with Crippen LogP contribution >= 0.6 is 0 Å². The van der Waals surface area contributed by atoms with E-state index in [0.717, 1.165) is 0 Å². The van der Waals surface area contributed by atoms with E-state index in [9.17, 15) is 9.18 Å². The number of aromatic amines is 1. The van der Waals surface area contributed by atoms with Crippen LogP contribution in [0.15, 0.2) is 79.3 Å². The number of pyridine rings is 2. The highest BCUT2D eigenvalue weighted by Gasteiger charge is 2.17. The van der Waals surface area contributed by atoms with Crippen molar-refractivity contribution in [3.63, 3.8) is 0 Å². The second kappa shape index (κ2) is 9.86. The Bertz CT molecular complexity index is 1640. The number of rotatable bonds is 7. The molecular weight excluding hydrogens is 471 g/mol. The molecule has 1 amide bonds. The van der Waals surface area contributed by atoms with Crippen molar-refractivity contribution in [3.8, 4) is 11.3 Å². The average molecular weight is 497 g/mol. The van der Waals surface area contributed by atoms with Crippen molar-refractivity contribution < 1.29 is 10.6 Å². The molecule has 9 nitrogen and oxygen atoms in total. The number of benzene rings is 1. The van der Waals surface area contributed by atoms with E-state index in [4.69, 9.17) is 5.41 Å². The third kappa shape index (κ3) is 4.98. The van der Waals surface area contributed by atoms with Gasteiger partial charge in [-0.3, -0.25) is 14.6 Å². The van der Waals surface area contributed by atoms with E-state index in [1.165, 1.54) is 18.3 Å². The van der Waals surface area contributed by atoms with Crippen molar-refractivity contribution in [2.45, 2.75) is 0 Å². The Labute approximate surface area is 213 Å². The van der Waals surface area contributed by atoms with Crippen molar-refractivity contribution in [2.24, 2.45) is 0 Å². The number of nitrogens with one attached hydrogen (secondary N) is 3. The topological polar surface area (TPSA) is 115 Å². The number of H-pyrrole nitrogens is 1. The predicted octanol–water partition coefficient (Wildman–Crippen LogP) is 4.90. The summed E-state index contributed by atoms with van der Waals surface area (Å²) in [4.78, 5) is 30.6. The Balaban J connectivity index is 0.00000336. The van der Waals surface area contributed by atoms with Gasteiger partial charge in [0, 0.05) is 39.0 Å². The molecule has 1 aromatic carbocycles. The Morgan fingerprint density at radius 1 is 1.16 bits per heavy atom. The normalized spacial score (nSPS) is 11.2. The summed E-state index contributed by atoms with van der Waals surface area (Å²) in [5, 5.41) is 11.5. The predicted molar refractivity (Wildman–Crippen MR) is 144 cm³/mol. The molecule has 4 heterocycles. The molecule has 0 fully saturated rings. The number of carbonyl (C=O) groups excluding carboxylic acids is 1. The first-order valence-electron chi connectivity index (χ1n) is 11.4. The zero-order valence-electron chi connectivity index (χ0n) is 20.1. The number of hydrogen-bond donors (Lipinski definition) is 3. The van der Waals surface area contributed by atoms with Crippen LogP contribution in [0, 0.1) is 11.2 Å². The molecule has 4 aromatic heterocycles. The number of nitrogens with zero attached hydrogens (tertiary/aromatic N) is 5. The zero-order valence-corrected chi connectivity index (χ0v) is 20.1. The number of anilines is 2. The van der Waals surface area contributed by atoms with Crippen LogP contribution in [0.2, 0.25) is 0 Å². The summed E-state index contributed by atoms with van der Waals surface area (Å²) in [5.41, 5.74) is 3.16. The molecule has 0 atom stereocenters. The second-order valence-corrected chi connectivity index (χ2v) is 8.43. The lowest BCUT2D eigenvalue weighted by Crippen LogP contribution is -2.15. The van der Waals surface area contributed by atoms with E-state index in [-0.39, 0.29) is 18.9 Å². The number of fused-ring (bicyclic) bond motifs is 1. The van der Waals surface area contributed by atoms with Gasteiger partial charge in [-0.1, -0.05) is 6.07 Å². The molecule has 0 radical (unpaired) electrons. The third-order valence-corrected chi connectivity index (χ3v) is 5.62. The maximum atomic E-state index is 13.5.